The van der Waals surface area contributed by atoms with E-state index in [9.17, 15) is 19.2 Å². The fourth-order valence-corrected chi connectivity index (χ4v) is 2.93. The molecule has 1 aliphatic heterocycles. The first-order valence-corrected chi connectivity index (χ1v) is 9.38. The van der Waals surface area contributed by atoms with Gasteiger partial charge in [-0.2, -0.15) is 0 Å². The Hall–Kier alpha value is -3.72. The Labute approximate surface area is 173 Å². The molecular formula is C21H22N4O5. The zero-order valence-corrected chi connectivity index (χ0v) is 16.1. The topological polar surface area (TPSA) is 140 Å². The third-order valence-electron chi connectivity index (χ3n) is 4.47. The molecule has 0 aromatic heterocycles. The maximum atomic E-state index is 12.5. The fourth-order valence-electron chi connectivity index (χ4n) is 2.93. The van der Waals surface area contributed by atoms with Crippen LogP contribution in [0.25, 0.3) is 0 Å². The summed E-state index contributed by atoms with van der Waals surface area (Å²) >= 11 is 0. The number of amides is 4. The van der Waals surface area contributed by atoms with Gasteiger partial charge in [0, 0.05) is 17.8 Å². The summed E-state index contributed by atoms with van der Waals surface area (Å²) in [6, 6.07) is 13.1. The predicted molar refractivity (Wildman–Crippen MR) is 109 cm³/mol. The molecule has 0 spiro atoms. The fraction of sp³-hybridized carbons (Fsp3) is 0.238. The van der Waals surface area contributed by atoms with E-state index in [-0.39, 0.29) is 42.5 Å². The van der Waals surface area contributed by atoms with Crippen molar-refractivity contribution in [2.24, 2.45) is 0 Å². The van der Waals surface area contributed by atoms with E-state index >= 15 is 0 Å². The van der Waals surface area contributed by atoms with Crippen LogP contribution >= 0.6 is 0 Å². The highest BCUT2D eigenvalue weighted by Crippen LogP contribution is 2.19. The van der Waals surface area contributed by atoms with Crippen LogP contribution in [0.2, 0.25) is 0 Å². The van der Waals surface area contributed by atoms with Gasteiger partial charge in [-0.05, 0) is 30.2 Å². The summed E-state index contributed by atoms with van der Waals surface area (Å²) in [5.74, 6) is -1.88. The molecule has 4 amide bonds. The van der Waals surface area contributed by atoms with Crippen LogP contribution in [0.4, 0.5) is 11.4 Å². The predicted octanol–water partition coefficient (Wildman–Crippen LogP) is 0.959. The second kappa shape index (κ2) is 9.66. The van der Waals surface area contributed by atoms with E-state index in [1.807, 2.05) is 30.3 Å². The number of anilines is 2. The van der Waals surface area contributed by atoms with E-state index in [1.165, 1.54) is 12.1 Å². The number of hydrogen-bond acceptors (Lipinski definition) is 6. The van der Waals surface area contributed by atoms with Crippen LogP contribution in [0.3, 0.4) is 0 Å². The molecule has 1 atom stereocenters. The second-order valence-electron chi connectivity index (χ2n) is 6.81. The van der Waals surface area contributed by atoms with Gasteiger partial charge in [0.05, 0.1) is 12.2 Å². The molecule has 30 heavy (non-hydrogen) atoms. The van der Waals surface area contributed by atoms with Crippen LogP contribution in [0.1, 0.15) is 28.8 Å². The molecular weight excluding hydrogens is 388 g/mol. The summed E-state index contributed by atoms with van der Waals surface area (Å²) in [5, 5.41) is 7.38. The number of benzene rings is 2. The number of nitrogens with two attached hydrogens (primary N) is 1. The van der Waals surface area contributed by atoms with E-state index in [4.69, 9.17) is 10.5 Å². The minimum absolute atomic E-state index is 0.114. The smallest absolute Gasteiger partial charge is 0.254 e. The largest absolute Gasteiger partial charge is 0.398 e. The first-order chi connectivity index (χ1) is 14.4. The number of ether oxygens (including phenoxy) is 1. The Balaban J connectivity index is 1.56. The number of carbonyl (C=O) groups excluding carboxylic acids is 4. The van der Waals surface area contributed by atoms with Gasteiger partial charge in [0.25, 0.3) is 5.91 Å². The molecule has 1 saturated heterocycles. The van der Waals surface area contributed by atoms with Gasteiger partial charge >= 0.3 is 0 Å². The van der Waals surface area contributed by atoms with Gasteiger partial charge in [-0.3, -0.25) is 24.5 Å². The number of carbonyl (C=O) groups is 4. The molecule has 5 N–H and O–H groups in total. The molecule has 0 radical (unpaired) electrons. The van der Waals surface area contributed by atoms with Crippen LogP contribution in [0.15, 0.2) is 48.5 Å². The average Bonchev–Trinajstić information content (AvgIpc) is 2.72. The number of hydrogen-bond donors (Lipinski definition) is 4. The van der Waals surface area contributed by atoms with Gasteiger partial charge in [-0.15, -0.1) is 0 Å². The van der Waals surface area contributed by atoms with Gasteiger partial charge < -0.3 is 21.1 Å². The third-order valence-corrected chi connectivity index (χ3v) is 4.47. The maximum absolute atomic E-state index is 12.5. The first kappa shape index (κ1) is 21.0. The summed E-state index contributed by atoms with van der Waals surface area (Å²) in [6.45, 7) is 0.146. The molecule has 156 valence electrons. The van der Waals surface area contributed by atoms with Gasteiger partial charge in [0.1, 0.15) is 12.6 Å². The van der Waals surface area contributed by atoms with Crippen molar-refractivity contribution in [2.75, 3.05) is 17.7 Å². The lowest BCUT2D eigenvalue weighted by Crippen LogP contribution is -2.52. The van der Waals surface area contributed by atoms with Crippen molar-refractivity contribution in [1.82, 2.24) is 10.6 Å². The van der Waals surface area contributed by atoms with Gasteiger partial charge in [0.2, 0.25) is 17.7 Å². The summed E-state index contributed by atoms with van der Waals surface area (Å²) in [6.07, 6.45) is 0.358. The van der Waals surface area contributed by atoms with Crippen molar-refractivity contribution in [3.8, 4) is 0 Å². The highest BCUT2D eigenvalue weighted by atomic mass is 16.5. The Morgan fingerprint density at radius 2 is 1.90 bits per heavy atom. The standard InChI is InChI=1S/C21H22N4O5/c22-16-7-6-14(23-19(27)12-30-11-13-4-2-1-3-5-13)10-15(16)20(28)24-17-8-9-18(26)25-21(17)29/h1-7,10,17H,8-9,11-12,22H2,(H,23,27)(H,24,28)(H,25,26,29)/t17-/m0/s1. The lowest BCUT2D eigenvalue weighted by molar-refractivity contribution is -0.134. The number of nitrogens with one attached hydrogen (secondary N) is 3. The number of imide groups is 1. The van der Waals surface area contributed by atoms with E-state index in [1.54, 1.807) is 6.07 Å². The van der Waals surface area contributed by atoms with Crippen LogP contribution in [-0.2, 0) is 25.7 Å². The van der Waals surface area contributed by atoms with Crippen molar-refractivity contribution < 1.29 is 23.9 Å². The molecule has 2 aromatic rings. The molecule has 2 aromatic carbocycles. The molecule has 1 aliphatic rings. The van der Waals surface area contributed by atoms with E-state index < -0.39 is 17.9 Å². The number of nitrogen functional groups attached to an aromatic ring is 1. The molecule has 0 aliphatic carbocycles. The number of rotatable bonds is 7. The molecule has 0 saturated carbocycles. The summed E-state index contributed by atoms with van der Waals surface area (Å²) in [7, 11) is 0. The van der Waals surface area contributed by atoms with Gasteiger partial charge in [-0.25, -0.2) is 0 Å². The van der Waals surface area contributed by atoms with Gasteiger partial charge in [0.15, 0.2) is 0 Å². The summed E-state index contributed by atoms with van der Waals surface area (Å²) in [5.41, 5.74) is 7.50. The third kappa shape index (κ3) is 5.65. The maximum Gasteiger partial charge on any atom is 0.254 e. The van der Waals surface area contributed by atoms with Gasteiger partial charge in [-0.1, -0.05) is 30.3 Å². The molecule has 1 fully saturated rings. The van der Waals surface area contributed by atoms with Crippen molar-refractivity contribution in [3.05, 3.63) is 59.7 Å². The molecule has 0 bridgehead atoms. The first-order valence-electron chi connectivity index (χ1n) is 9.38. The Kier molecular flexibility index (Phi) is 6.76. The molecule has 9 heteroatoms. The van der Waals surface area contributed by atoms with Crippen LogP contribution in [-0.4, -0.2) is 36.3 Å². The normalized spacial score (nSPS) is 15.9. The SMILES string of the molecule is Nc1ccc(NC(=O)COCc2ccccc2)cc1C(=O)N[C@H]1CCC(=O)NC1=O. The quantitative estimate of drug-likeness (QED) is 0.396. The van der Waals surface area contributed by atoms with Crippen LogP contribution in [0.5, 0.6) is 0 Å². The van der Waals surface area contributed by atoms with E-state index in [0.717, 1.165) is 5.56 Å². The minimum Gasteiger partial charge on any atom is -0.398 e. The average molecular weight is 410 g/mol. The zero-order chi connectivity index (χ0) is 21.5. The zero-order valence-electron chi connectivity index (χ0n) is 16.1. The number of piperidine rings is 1. The van der Waals surface area contributed by atoms with Crippen molar-refractivity contribution in [3.63, 3.8) is 0 Å². The molecule has 1 heterocycles. The Morgan fingerprint density at radius 3 is 2.63 bits per heavy atom. The van der Waals surface area contributed by atoms with Crippen LogP contribution < -0.4 is 21.7 Å². The molecule has 9 nitrogen and oxygen atoms in total. The second-order valence-corrected chi connectivity index (χ2v) is 6.81. The Bertz CT molecular complexity index is 961. The molecule has 3 rings (SSSR count). The van der Waals surface area contributed by atoms with E-state index in [0.29, 0.717) is 12.3 Å². The van der Waals surface area contributed by atoms with Crippen LogP contribution in [0, 0.1) is 0 Å². The molecule has 0 unspecified atom stereocenters. The monoisotopic (exact) mass is 410 g/mol. The minimum atomic E-state index is -0.820. The summed E-state index contributed by atoms with van der Waals surface area (Å²) in [4.78, 5) is 47.7. The van der Waals surface area contributed by atoms with Crippen molar-refractivity contribution >= 4 is 35.0 Å². The summed E-state index contributed by atoms with van der Waals surface area (Å²) < 4.78 is 5.39. The van der Waals surface area contributed by atoms with Crippen molar-refractivity contribution in [1.29, 1.82) is 0 Å². The highest BCUT2D eigenvalue weighted by Gasteiger charge is 2.28. The Morgan fingerprint density at radius 1 is 1.13 bits per heavy atom. The lowest BCUT2D eigenvalue weighted by atomic mass is 10.0. The van der Waals surface area contributed by atoms with E-state index in [2.05, 4.69) is 16.0 Å². The highest BCUT2D eigenvalue weighted by molar-refractivity contribution is 6.06. The van der Waals surface area contributed by atoms with Crippen molar-refractivity contribution in [2.45, 2.75) is 25.5 Å². The lowest BCUT2D eigenvalue weighted by Gasteiger charge is -2.22.